The van der Waals surface area contributed by atoms with E-state index < -0.39 is 0 Å². The smallest absolute Gasteiger partial charge is 0.115 e. The largest absolute Gasteiger partial charge is 0.508 e. The molecule has 0 spiro atoms. The predicted octanol–water partition coefficient (Wildman–Crippen LogP) is 1.31. The zero-order valence-corrected chi connectivity index (χ0v) is 8.78. The fourth-order valence-electron chi connectivity index (χ4n) is 1.80. The summed E-state index contributed by atoms with van der Waals surface area (Å²) in [7, 11) is 0. The molecule has 1 unspecified atom stereocenters. The zero-order chi connectivity index (χ0) is 10.5. The minimum absolute atomic E-state index is 0.328. The van der Waals surface area contributed by atoms with Crippen LogP contribution in [0.1, 0.15) is 12.0 Å². The fraction of sp³-hybridized carbons (Fsp3) is 0.500. The number of rotatable bonds is 3. The van der Waals surface area contributed by atoms with E-state index in [0.29, 0.717) is 11.9 Å². The lowest BCUT2D eigenvalue weighted by molar-refractivity contribution is 0.0238. The molecule has 0 aromatic heterocycles. The molecule has 1 fully saturated rings. The maximum Gasteiger partial charge on any atom is 0.115 e. The molecule has 1 aromatic carbocycles. The summed E-state index contributed by atoms with van der Waals surface area (Å²) in [4.78, 5) is 0. The highest BCUT2D eigenvalue weighted by Gasteiger charge is 2.12. The molecule has 15 heavy (non-hydrogen) atoms. The number of phenolic OH excluding ortho intramolecular Hbond substituents is 1. The maximum atomic E-state index is 9.14. The highest BCUT2D eigenvalue weighted by molar-refractivity contribution is 5.25. The van der Waals surface area contributed by atoms with E-state index in [1.54, 1.807) is 12.1 Å². The third-order valence-electron chi connectivity index (χ3n) is 2.70. The minimum atomic E-state index is 0.328. The topological polar surface area (TPSA) is 41.5 Å². The second-order valence-corrected chi connectivity index (χ2v) is 3.90. The summed E-state index contributed by atoms with van der Waals surface area (Å²) in [6, 6.07) is 7.39. The summed E-state index contributed by atoms with van der Waals surface area (Å²) in [5.74, 6) is 0.328. The van der Waals surface area contributed by atoms with Gasteiger partial charge in [0.2, 0.25) is 0 Å². The van der Waals surface area contributed by atoms with Crippen LogP contribution in [0.5, 0.6) is 5.75 Å². The second kappa shape index (κ2) is 5.14. The van der Waals surface area contributed by atoms with Gasteiger partial charge in [-0.15, -0.1) is 0 Å². The molecule has 1 aliphatic heterocycles. The van der Waals surface area contributed by atoms with Gasteiger partial charge in [-0.25, -0.2) is 0 Å². The van der Waals surface area contributed by atoms with Gasteiger partial charge in [0.05, 0.1) is 12.7 Å². The molecule has 82 valence electrons. The van der Waals surface area contributed by atoms with E-state index in [4.69, 9.17) is 9.84 Å². The van der Waals surface area contributed by atoms with Crippen molar-refractivity contribution in [1.29, 1.82) is 0 Å². The van der Waals surface area contributed by atoms with Gasteiger partial charge < -0.3 is 15.2 Å². The van der Waals surface area contributed by atoms with Crippen molar-refractivity contribution in [3.8, 4) is 5.75 Å². The number of aromatic hydroxyl groups is 1. The molecule has 1 saturated heterocycles. The van der Waals surface area contributed by atoms with Crippen molar-refractivity contribution in [3.05, 3.63) is 29.8 Å². The molecule has 1 aromatic rings. The molecule has 0 radical (unpaired) electrons. The summed E-state index contributed by atoms with van der Waals surface area (Å²) in [6.07, 6.45) is 2.39. The van der Waals surface area contributed by atoms with Crippen LogP contribution in [-0.4, -0.2) is 30.9 Å². The SMILES string of the molecule is Oc1ccc(CCC2CNCCO2)cc1. The molecule has 1 atom stereocenters. The van der Waals surface area contributed by atoms with Gasteiger partial charge >= 0.3 is 0 Å². The maximum absolute atomic E-state index is 9.14. The molecule has 2 N–H and O–H groups in total. The normalized spacial score (nSPS) is 21.5. The lowest BCUT2D eigenvalue weighted by Gasteiger charge is -2.23. The number of morpholine rings is 1. The first-order valence-electron chi connectivity index (χ1n) is 5.45. The van der Waals surface area contributed by atoms with Gasteiger partial charge in [0.25, 0.3) is 0 Å². The van der Waals surface area contributed by atoms with Crippen LogP contribution >= 0.6 is 0 Å². The van der Waals surface area contributed by atoms with E-state index in [1.165, 1.54) is 5.56 Å². The molecule has 2 rings (SSSR count). The van der Waals surface area contributed by atoms with Crippen LogP contribution in [0.4, 0.5) is 0 Å². The fourth-order valence-corrected chi connectivity index (χ4v) is 1.80. The van der Waals surface area contributed by atoms with Gasteiger partial charge in [0.15, 0.2) is 0 Å². The van der Waals surface area contributed by atoms with Gasteiger partial charge in [-0.1, -0.05) is 12.1 Å². The van der Waals surface area contributed by atoms with E-state index in [9.17, 15) is 0 Å². The summed E-state index contributed by atoms with van der Waals surface area (Å²) >= 11 is 0. The molecule has 0 saturated carbocycles. The first-order valence-corrected chi connectivity index (χ1v) is 5.45. The minimum Gasteiger partial charge on any atom is -0.508 e. The Kier molecular flexibility index (Phi) is 3.59. The average Bonchev–Trinajstić information content (AvgIpc) is 2.30. The number of phenols is 1. The van der Waals surface area contributed by atoms with E-state index >= 15 is 0 Å². The molecule has 0 aliphatic carbocycles. The number of benzene rings is 1. The van der Waals surface area contributed by atoms with Crippen LogP contribution in [0.3, 0.4) is 0 Å². The van der Waals surface area contributed by atoms with E-state index in [2.05, 4.69) is 5.32 Å². The lowest BCUT2D eigenvalue weighted by atomic mass is 10.1. The molecular formula is C12H17NO2. The van der Waals surface area contributed by atoms with E-state index in [-0.39, 0.29) is 0 Å². The first kappa shape index (κ1) is 10.5. The molecule has 0 amide bonds. The van der Waals surface area contributed by atoms with Crippen molar-refractivity contribution >= 4 is 0 Å². The van der Waals surface area contributed by atoms with Crippen LogP contribution < -0.4 is 5.32 Å². The summed E-state index contributed by atoms with van der Waals surface area (Å²) in [5.41, 5.74) is 1.25. The van der Waals surface area contributed by atoms with Crippen LogP contribution in [0.15, 0.2) is 24.3 Å². The van der Waals surface area contributed by atoms with Crippen molar-refractivity contribution < 1.29 is 9.84 Å². The monoisotopic (exact) mass is 207 g/mol. The Morgan fingerprint density at radius 3 is 2.80 bits per heavy atom. The van der Waals surface area contributed by atoms with Gasteiger partial charge in [-0.3, -0.25) is 0 Å². The van der Waals surface area contributed by atoms with Crippen molar-refractivity contribution in [2.24, 2.45) is 0 Å². The molecular weight excluding hydrogens is 190 g/mol. The standard InChI is InChI=1S/C12H17NO2/c14-11-4-1-10(2-5-11)3-6-12-9-13-7-8-15-12/h1-2,4-5,12-14H,3,6-9H2. The number of aryl methyl sites for hydroxylation is 1. The van der Waals surface area contributed by atoms with Gasteiger partial charge in [-0.2, -0.15) is 0 Å². The van der Waals surface area contributed by atoms with Crippen LogP contribution in [0.25, 0.3) is 0 Å². The Hall–Kier alpha value is -1.06. The van der Waals surface area contributed by atoms with E-state index in [0.717, 1.165) is 32.5 Å². The van der Waals surface area contributed by atoms with Gasteiger partial charge in [-0.05, 0) is 30.5 Å². The summed E-state index contributed by atoms with van der Waals surface area (Å²) in [6.45, 7) is 2.74. The number of hydrogen-bond donors (Lipinski definition) is 2. The number of hydrogen-bond acceptors (Lipinski definition) is 3. The Morgan fingerprint density at radius 1 is 1.33 bits per heavy atom. The number of ether oxygens (including phenoxy) is 1. The molecule has 3 heteroatoms. The summed E-state index contributed by atoms with van der Waals surface area (Å²) in [5, 5.41) is 12.5. The molecule has 1 heterocycles. The highest BCUT2D eigenvalue weighted by atomic mass is 16.5. The summed E-state index contributed by atoms with van der Waals surface area (Å²) < 4.78 is 5.61. The quantitative estimate of drug-likeness (QED) is 0.785. The average molecular weight is 207 g/mol. The van der Waals surface area contributed by atoms with Crippen LogP contribution in [-0.2, 0) is 11.2 Å². The third-order valence-corrected chi connectivity index (χ3v) is 2.70. The molecule has 0 bridgehead atoms. The van der Waals surface area contributed by atoms with Crippen molar-refractivity contribution in [2.45, 2.75) is 18.9 Å². The Morgan fingerprint density at radius 2 is 2.13 bits per heavy atom. The zero-order valence-electron chi connectivity index (χ0n) is 8.78. The first-order chi connectivity index (χ1) is 7.34. The molecule has 3 nitrogen and oxygen atoms in total. The second-order valence-electron chi connectivity index (χ2n) is 3.90. The number of nitrogens with one attached hydrogen (secondary N) is 1. The van der Waals surface area contributed by atoms with Crippen molar-refractivity contribution in [2.75, 3.05) is 19.7 Å². The van der Waals surface area contributed by atoms with E-state index in [1.807, 2.05) is 12.1 Å². The van der Waals surface area contributed by atoms with Crippen molar-refractivity contribution in [1.82, 2.24) is 5.32 Å². The van der Waals surface area contributed by atoms with Crippen LogP contribution in [0, 0.1) is 0 Å². The molecule has 1 aliphatic rings. The Labute approximate surface area is 90.1 Å². The van der Waals surface area contributed by atoms with Crippen LogP contribution in [0.2, 0.25) is 0 Å². The highest BCUT2D eigenvalue weighted by Crippen LogP contribution is 2.13. The third kappa shape index (κ3) is 3.22. The van der Waals surface area contributed by atoms with Crippen molar-refractivity contribution in [3.63, 3.8) is 0 Å². The predicted molar refractivity (Wildman–Crippen MR) is 59.0 cm³/mol. The Bertz CT molecular complexity index is 291. The van der Waals surface area contributed by atoms with Gasteiger partial charge in [0.1, 0.15) is 5.75 Å². The lowest BCUT2D eigenvalue weighted by Crippen LogP contribution is -2.38. The van der Waals surface area contributed by atoms with Gasteiger partial charge in [0, 0.05) is 13.1 Å². The Balaban J connectivity index is 1.79.